The SMILES string of the molecule is O[C@@H](COCc1ccccc1)CN(Cc1ccccc1F)C[C@@H]1CC(c2ccccc2)=NO1. The molecule has 172 valence electrons. The first kappa shape index (κ1) is 23.1. The van der Waals surface area contributed by atoms with Crippen LogP contribution in [0.15, 0.2) is 90.1 Å². The van der Waals surface area contributed by atoms with E-state index in [0.29, 0.717) is 38.2 Å². The van der Waals surface area contributed by atoms with Crippen molar-refractivity contribution in [1.82, 2.24) is 4.90 Å². The molecule has 1 heterocycles. The second kappa shape index (κ2) is 11.7. The van der Waals surface area contributed by atoms with Gasteiger partial charge < -0.3 is 14.7 Å². The molecule has 0 aromatic heterocycles. The molecule has 33 heavy (non-hydrogen) atoms. The Kier molecular flexibility index (Phi) is 8.19. The van der Waals surface area contributed by atoms with Crippen LogP contribution in [0.3, 0.4) is 0 Å². The number of ether oxygens (including phenoxy) is 1. The summed E-state index contributed by atoms with van der Waals surface area (Å²) in [6, 6.07) is 26.5. The van der Waals surface area contributed by atoms with E-state index < -0.39 is 6.10 Å². The van der Waals surface area contributed by atoms with E-state index in [4.69, 9.17) is 9.57 Å². The molecule has 4 rings (SSSR count). The highest BCUT2D eigenvalue weighted by molar-refractivity contribution is 6.01. The molecule has 5 nitrogen and oxygen atoms in total. The van der Waals surface area contributed by atoms with Crippen LogP contribution in [0.2, 0.25) is 0 Å². The van der Waals surface area contributed by atoms with Crippen molar-refractivity contribution < 1.29 is 19.1 Å². The maximum atomic E-state index is 14.3. The van der Waals surface area contributed by atoms with Gasteiger partial charge in [0.2, 0.25) is 0 Å². The number of aliphatic hydroxyl groups is 1. The molecule has 0 spiro atoms. The van der Waals surface area contributed by atoms with Gasteiger partial charge in [-0.25, -0.2) is 4.39 Å². The normalized spacial score (nSPS) is 16.5. The standard InChI is InChI=1S/C27H29FN2O3/c28-26-14-8-7-13-23(26)16-30(17-24(31)20-32-19-21-9-3-1-4-10-21)18-25-15-27(29-33-25)22-11-5-2-6-12-22/h1-14,24-25,31H,15-20H2/t24-,25+/m1/s1. The third-order valence-corrected chi connectivity index (χ3v) is 5.54. The summed E-state index contributed by atoms with van der Waals surface area (Å²) in [6.45, 7) is 1.85. The minimum absolute atomic E-state index is 0.163. The number of aliphatic hydroxyl groups excluding tert-OH is 1. The summed E-state index contributed by atoms with van der Waals surface area (Å²) in [5, 5.41) is 14.9. The van der Waals surface area contributed by atoms with Crippen molar-refractivity contribution >= 4 is 5.71 Å². The van der Waals surface area contributed by atoms with E-state index in [1.165, 1.54) is 6.07 Å². The first-order valence-electron chi connectivity index (χ1n) is 11.2. The van der Waals surface area contributed by atoms with Gasteiger partial charge in [-0.2, -0.15) is 0 Å². The molecule has 1 aliphatic heterocycles. The largest absolute Gasteiger partial charge is 0.390 e. The Labute approximate surface area is 194 Å². The Morgan fingerprint density at radius 2 is 1.70 bits per heavy atom. The van der Waals surface area contributed by atoms with E-state index >= 15 is 0 Å². The zero-order chi connectivity index (χ0) is 22.9. The summed E-state index contributed by atoms with van der Waals surface area (Å²) in [4.78, 5) is 7.68. The van der Waals surface area contributed by atoms with Crippen molar-refractivity contribution in [2.24, 2.45) is 5.16 Å². The summed E-state index contributed by atoms with van der Waals surface area (Å²) in [6.07, 6.45) is -0.209. The third-order valence-electron chi connectivity index (χ3n) is 5.54. The molecule has 3 aromatic carbocycles. The fraction of sp³-hybridized carbons (Fsp3) is 0.296. The Balaban J connectivity index is 1.34. The van der Waals surface area contributed by atoms with E-state index in [1.54, 1.807) is 12.1 Å². The number of oxime groups is 1. The van der Waals surface area contributed by atoms with Crippen LogP contribution < -0.4 is 0 Å². The van der Waals surface area contributed by atoms with Gasteiger partial charge in [0.05, 0.1) is 25.0 Å². The van der Waals surface area contributed by atoms with Crippen LogP contribution in [0.4, 0.5) is 4.39 Å². The number of nitrogens with zero attached hydrogens (tertiary/aromatic N) is 2. The number of hydrogen-bond donors (Lipinski definition) is 1. The molecule has 0 unspecified atom stereocenters. The van der Waals surface area contributed by atoms with Crippen molar-refractivity contribution in [1.29, 1.82) is 0 Å². The fourth-order valence-corrected chi connectivity index (χ4v) is 3.92. The molecule has 6 heteroatoms. The van der Waals surface area contributed by atoms with Crippen molar-refractivity contribution in [2.45, 2.75) is 31.8 Å². The highest BCUT2D eigenvalue weighted by Gasteiger charge is 2.26. The highest BCUT2D eigenvalue weighted by atomic mass is 19.1. The molecule has 0 radical (unpaired) electrons. The molecule has 2 atom stereocenters. The van der Waals surface area contributed by atoms with Gasteiger partial charge in [0, 0.05) is 31.6 Å². The van der Waals surface area contributed by atoms with Gasteiger partial charge in [-0.1, -0.05) is 84.0 Å². The second-order valence-electron chi connectivity index (χ2n) is 8.28. The molecule has 0 bridgehead atoms. The van der Waals surface area contributed by atoms with Crippen LogP contribution in [0.5, 0.6) is 0 Å². The molecule has 1 aliphatic rings. The predicted molar refractivity (Wildman–Crippen MR) is 126 cm³/mol. The van der Waals surface area contributed by atoms with Crippen LogP contribution in [0.25, 0.3) is 0 Å². The van der Waals surface area contributed by atoms with Crippen LogP contribution in [0.1, 0.15) is 23.1 Å². The Morgan fingerprint density at radius 3 is 2.45 bits per heavy atom. The smallest absolute Gasteiger partial charge is 0.145 e. The van der Waals surface area contributed by atoms with E-state index in [9.17, 15) is 9.50 Å². The van der Waals surface area contributed by atoms with Gasteiger partial charge in [0.25, 0.3) is 0 Å². The number of rotatable bonds is 11. The quantitative estimate of drug-likeness (QED) is 0.473. The van der Waals surface area contributed by atoms with E-state index in [-0.39, 0.29) is 18.5 Å². The van der Waals surface area contributed by atoms with Crippen molar-refractivity contribution in [3.8, 4) is 0 Å². The molecule has 0 amide bonds. The minimum Gasteiger partial charge on any atom is -0.390 e. The molecule has 3 aromatic rings. The molecule has 1 N–H and O–H groups in total. The van der Waals surface area contributed by atoms with E-state index in [2.05, 4.69) is 5.16 Å². The first-order chi connectivity index (χ1) is 16.2. The zero-order valence-electron chi connectivity index (χ0n) is 18.5. The van der Waals surface area contributed by atoms with Crippen molar-refractivity contribution in [3.05, 3.63) is 107 Å². The molecule has 0 fully saturated rings. The van der Waals surface area contributed by atoms with Gasteiger partial charge in [-0.15, -0.1) is 0 Å². The van der Waals surface area contributed by atoms with Gasteiger partial charge in [-0.3, -0.25) is 4.90 Å². The van der Waals surface area contributed by atoms with Crippen LogP contribution in [-0.2, 0) is 22.7 Å². The summed E-state index contributed by atoms with van der Waals surface area (Å²) < 4.78 is 20.0. The lowest BCUT2D eigenvalue weighted by atomic mass is 10.0. The molecule has 0 aliphatic carbocycles. The Morgan fingerprint density at radius 1 is 1.00 bits per heavy atom. The lowest BCUT2D eigenvalue weighted by Gasteiger charge is -2.27. The summed E-state index contributed by atoms with van der Waals surface area (Å²) >= 11 is 0. The van der Waals surface area contributed by atoms with Crippen molar-refractivity contribution in [2.75, 3.05) is 19.7 Å². The predicted octanol–water partition coefficient (Wildman–Crippen LogP) is 4.40. The van der Waals surface area contributed by atoms with Crippen LogP contribution in [-0.4, -0.2) is 47.6 Å². The molecule has 0 saturated carbocycles. The first-order valence-corrected chi connectivity index (χ1v) is 11.2. The average molecular weight is 449 g/mol. The molecular formula is C27H29FN2O3. The van der Waals surface area contributed by atoms with E-state index in [0.717, 1.165) is 16.8 Å². The maximum absolute atomic E-state index is 14.3. The lowest BCUT2D eigenvalue weighted by molar-refractivity contribution is -0.00670. The number of halogens is 1. The summed E-state index contributed by atoms with van der Waals surface area (Å²) in [7, 11) is 0. The van der Waals surface area contributed by atoms with Gasteiger partial charge in [-0.05, 0) is 17.2 Å². The van der Waals surface area contributed by atoms with Gasteiger partial charge in [0.15, 0.2) is 0 Å². The minimum atomic E-state index is -0.712. The number of hydrogen-bond acceptors (Lipinski definition) is 5. The highest BCUT2D eigenvalue weighted by Crippen LogP contribution is 2.19. The Bertz CT molecular complexity index is 1030. The molecular weight excluding hydrogens is 419 g/mol. The van der Waals surface area contributed by atoms with Crippen LogP contribution in [0, 0.1) is 5.82 Å². The number of benzene rings is 3. The molecule has 0 saturated heterocycles. The summed E-state index contributed by atoms with van der Waals surface area (Å²) in [5.41, 5.74) is 3.57. The lowest BCUT2D eigenvalue weighted by Crippen LogP contribution is -2.39. The average Bonchev–Trinajstić information content (AvgIpc) is 3.30. The second-order valence-corrected chi connectivity index (χ2v) is 8.28. The third kappa shape index (κ3) is 6.96. The van der Waals surface area contributed by atoms with Crippen molar-refractivity contribution in [3.63, 3.8) is 0 Å². The van der Waals surface area contributed by atoms with Gasteiger partial charge in [0.1, 0.15) is 11.9 Å². The topological polar surface area (TPSA) is 54.3 Å². The van der Waals surface area contributed by atoms with Gasteiger partial charge >= 0.3 is 0 Å². The summed E-state index contributed by atoms with van der Waals surface area (Å²) in [5.74, 6) is -0.258. The monoisotopic (exact) mass is 448 g/mol. The zero-order valence-corrected chi connectivity index (χ0v) is 18.5. The Hall–Kier alpha value is -3.06. The maximum Gasteiger partial charge on any atom is 0.145 e. The van der Waals surface area contributed by atoms with E-state index in [1.807, 2.05) is 71.6 Å². The fourth-order valence-electron chi connectivity index (χ4n) is 3.92. The van der Waals surface area contributed by atoms with Crippen LogP contribution >= 0.6 is 0 Å².